The Morgan fingerprint density at radius 3 is 2.67 bits per heavy atom. The molecule has 0 saturated heterocycles. The second-order valence-electron chi connectivity index (χ2n) is 2.37. The van der Waals surface area contributed by atoms with Crippen molar-refractivity contribution in [2.75, 3.05) is 6.61 Å². The number of rotatable bonds is 4. The lowest BCUT2D eigenvalue weighted by atomic mass is 10.2. The number of alkyl carbamates (subject to hydrolysis) is 1. The lowest BCUT2D eigenvalue weighted by molar-refractivity contribution is 0.158. The molecule has 0 rings (SSSR count). The van der Waals surface area contributed by atoms with Crippen molar-refractivity contribution in [3.8, 4) is 0 Å². The third kappa shape index (κ3) is 6.09. The third-order valence-electron chi connectivity index (χ3n) is 1.27. The SMILES string of the molecule is CCCCC(=S)NC(=O)OCC. The Morgan fingerprint density at radius 1 is 1.50 bits per heavy atom. The van der Waals surface area contributed by atoms with Gasteiger partial charge in [0.2, 0.25) is 0 Å². The van der Waals surface area contributed by atoms with Gasteiger partial charge in [-0.15, -0.1) is 0 Å². The second kappa shape index (κ2) is 7.03. The Kier molecular flexibility index (Phi) is 6.66. The van der Waals surface area contributed by atoms with Gasteiger partial charge in [0.05, 0.1) is 11.6 Å². The van der Waals surface area contributed by atoms with Gasteiger partial charge in [0, 0.05) is 0 Å². The van der Waals surface area contributed by atoms with Gasteiger partial charge in [0.15, 0.2) is 0 Å². The number of ether oxygens (including phenoxy) is 1. The van der Waals surface area contributed by atoms with E-state index in [1.807, 2.05) is 0 Å². The molecule has 0 unspecified atom stereocenters. The molecular formula is C8H15NO2S. The van der Waals surface area contributed by atoms with Crippen molar-refractivity contribution in [3.63, 3.8) is 0 Å². The summed E-state index contributed by atoms with van der Waals surface area (Å²) >= 11 is 4.90. The fourth-order valence-electron chi connectivity index (χ4n) is 0.681. The number of hydrogen-bond acceptors (Lipinski definition) is 3. The second-order valence-corrected chi connectivity index (χ2v) is 2.86. The Balaban J connectivity index is 3.47. The quantitative estimate of drug-likeness (QED) is 0.689. The summed E-state index contributed by atoms with van der Waals surface area (Å²) in [5, 5.41) is 2.49. The van der Waals surface area contributed by atoms with E-state index in [9.17, 15) is 4.79 Å². The van der Waals surface area contributed by atoms with Gasteiger partial charge in [0.25, 0.3) is 0 Å². The summed E-state index contributed by atoms with van der Waals surface area (Å²) in [6.07, 6.45) is 2.39. The maximum atomic E-state index is 10.8. The Labute approximate surface area is 78.5 Å². The number of unbranched alkanes of at least 4 members (excludes halogenated alkanes) is 1. The first-order chi connectivity index (χ1) is 5.70. The van der Waals surface area contributed by atoms with E-state index in [1.165, 1.54) is 0 Å². The minimum absolute atomic E-state index is 0.377. The molecule has 0 aromatic carbocycles. The van der Waals surface area contributed by atoms with Crippen LogP contribution in [-0.4, -0.2) is 17.7 Å². The molecular weight excluding hydrogens is 174 g/mol. The zero-order valence-corrected chi connectivity index (χ0v) is 8.37. The molecule has 0 aliphatic rings. The van der Waals surface area contributed by atoms with E-state index in [4.69, 9.17) is 12.2 Å². The average molecular weight is 189 g/mol. The molecule has 0 fully saturated rings. The number of carbonyl (C=O) groups excluding carboxylic acids is 1. The highest BCUT2D eigenvalue weighted by Gasteiger charge is 2.02. The monoisotopic (exact) mass is 189 g/mol. The Hall–Kier alpha value is -0.640. The van der Waals surface area contributed by atoms with Crippen LogP contribution in [0.1, 0.15) is 33.1 Å². The standard InChI is InChI=1S/C8H15NO2S/c1-3-5-6-7(12)9-8(10)11-4-2/h3-6H2,1-2H3,(H,9,10,12). The summed E-state index contributed by atoms with van der Waals surface area (Å²) in [6, 6.07) is 0. The van der Waals surface area contributed by atoms with Crippen LogP contribution in [0, 0.1) is 0 Å². The van der Waals surface area contributed by atoms with Crippen molar-refractivity contribution in [3.05, 3.63) is 0 Å². The molecule has 0 aliphatic carbocycles. The Bertz CT molecular complexity index is 159. The molecule has 0 bridgehead atoms. The number of nitrogens with one attached hydrogen (secondary N) is 1. The largest absolute Gasteiger partial charge is 0.450 e. The molecule has 3 nitrogen and oxygen atoms in total. The summed E-state index contributed by atoms with van der Waals surface area (Å²) in [6.45, 7) is 4.21. The third-order valence-corrected chi connectivity index (χ3v) is 1.58. The van der Waals surface area contributed by atoms with Gasteiger partial charge in [-0.2, -0.15) is 0 Å². The maximum Gasteiger partial charge on any atom is 0.412 e. The molecule has 0 aliphatic heterocycles. The Morgan fingerprint density at radius 2 is 2.17 bits per heavy atom. The number of carbonyl (C=O) groups is 1. The first kappa shape index (κ1) is 11.4. The maximum absolute atomic E-state index is 10.8. The number of amides is 1. The fraction of sp³-hybridized carbons (Fsp3) is 0.750. The lowest BCUT2D eigenvalue weighted by Crippen LogP contribution is -2.29. The van der Waals surface area contributed by atoms with E-state index >= 15 is 0 Å². The van der Waals surface area contributed by atoms with Gasteiger partial charge in [-0.1, -0.05) is 25.6 Å². The van der Waals surface area contributed by atoms with Gasteiger partial charge >= 0.3 is 6.09 Å². The molecule has 0 saturated carbocycles. The molecule has 0 heterocycles. The van der Waals surface area contributed by atoms with Crippen LogP contribution in [0.25, 0.3) is 0 Å². The van der Waals surface area contributed by atoms with Gasteiger partial charge in [-0.25, -0.2) is 4.79 Å². The first-order valence-corrected chi connectivity index (χ1v) is 4.58. The van der Waals surface area contributed by atoms with E-state index in [0.29, 0.717) is 11.6 Å². The van der Waals surface area contributed by atoms with Crippen LogP contribution in [-0.2, 0) is 4.74 Å². The molecule has 0 spiro atoms. The first-order valence-electron chi connectivity index (χ1n) is 4.17. The van der Waals surface area contributed by atoms with Gasteiger partial charge in [-0.3, -0.25) is 5.32 Å². The zero-order chi connectivity index (χ0) is 9.40. The van der Waals surface area contributed by atoms with Crippen LogP contribution in [0.3, 0.4) is 0 Å². The van der Waals surface area contributed by atoms with Gasteiger partial charge < -0.3 is 4.74 Å². The molecule has 1 amide bonds. The lowest BCUT2D eigenvalue weighted by Gasteiger charge is -2.04. The summed E-state index contributed by atoms with van der Waals surface area (Å²) < 4.78 is 4.65. The minimum Gasteiger partial charge on any atom is -0.450 e. The van der Waals surface area contributed by atoms with Gasteiger partial charge in [0.1, 0.15) is 0 Å². The predicted molar refractivity (Wildman–Crippen MR) is 52.3 cm³/mol. The van der Waals surface area contributed by atoms with E-state index < -0.39 is 6.09 Å². The minimum atomic E-state index is -0.446. The van der Waals surface area contributed by atoms with Crippen molar-refractivity contribution in [2.45, 2.75) is 33.1 Å². The molecule has 70 valence electrons. The van der Waals surface area contributed by atoms with E-state index in [2.05, 4.69) is 17.0 Å². The smallest absolute Gasteiger partial charge is 0.412 e. The zero-order valence-electron chi connectivity index (χ0n) is 7.55. The molecule has 0 aromatic rings. The van der Waals surface area contributed by atoms with Crippen LogP contribution in [0.5, 0.6) is 0 Å². The van der Waals surface area contributed by atoms with Crippen molar-refractivity contribution in [2.24, 2.45) is 0 Å². The topological polar surface area (TPSA) is 38.3 Å². The summed E-state index contributed by atoms with van der Waals surface area (Å²) in [4.78, 5) is 11.4. The summed E-state index contributed by atoms with van der Waals surface area (Å²) in [7, 11) is 0. The van der Waals surface area contributed by atoms with Crippen LogP contribution >= 0.6 is 12.2 Å². The van der Waals surface area contributed by atoms with E-state index in [1.54, 1.807) is 6.92 Å². The molecule has 1 N–H and O–H groups in total. The van der Waals surface area contributed by atoms with Crippen molar-refractivity contribution < 1.29 is 9.53 Å². The number of hydrogen-bond donors (Lipinski definition) is 1. The van der Waals surface area contributed by atoms with Crippen LogP contribution < -0.4 is 5.32 Å². The summed E-state index contributed by atoms with van der Waals surface area (Å²) in [5.74, 6) is 0. The molecule has 0 radical (unpaired) electrons. The normalized spacial score (nSPS) is 9.17. The highest BCUT2D eigenvalue weighted by atomic mass is 32.1. The van der Waals surface area contributed by atoms with Gasteiger partial charge in [-0.05, 0) is 19.8 Å². The van der Waals surface area contributed by atoms with Crippen molar-refractivity contribution in [1.29, 1.82) is 0 Å². The molecule has 0 atom stereocenters. The molecule has 12 heavy (non-hydrogen) atoms. The van der Waals surface area contributed by atoms with Crippen LogP contribution in [0.4, 0.5) is 4.79 Å². The molecule has 0 aromatic heterocycles. The fourth-order valence-corrected chi connectivity index (χ4v) is 0.909. The predicted octanol–water partition coefficient (Wildman–Crippen LogP) is 2.25. The van der Waals surface area contributed by atoms with Crippen LogP contribution in [0.2, 0.25) is 0 Å². The highest BCUT2D eigenvalue weighted by molar-refractivity contribution is 7.80. The van der Waals surface area contributed by atoms with E-state index in [0.717, 1.165) is 19.3 Å². The number of thiocarbonyl (C=S) groups is 1. The molecule has 4 heteroatoms. The average Bonchev–Trinajstić information content (AvgIpc) is 2.01. The van der Waals surface area contributed by atoms with Crippen LogP contribution in [0.15, 0.2) is 0 Å². The van der Waals surface area contributed by atoms with Crippen molar-refractivity contribution >= 4 is 23.3 Å². The van der Waals surface area contributed by atoms with E-state index in [-0.39, 0.29) is 0 Å². The highest BCUT2D eigenvalue weighted by Crippen LogP contribution is 1.95. The van der Waals surface area contributed by atoms with Crippen molar-refractivity contribution in [1.82, 2.24) is 5.32 Å². The summed E-state index contributed by atoms with van der Waals surface area (Å²) in [5.41, 5.74) is 0.